The molecule has 0 aliphatic heterocycles. The van der Waals surface area contributed by atoms with Gasteiger partial charge in [0.15, 0.2) is 0 Å². The van der Waals surface area contributed by atoms with Crippen molar-refractivity contribution in [3.8, 4) is 0 Å². The summed E-state index contributed by atoms with van der Waals surface area (Å²) in [5, 5.41) is 1.95. The Morgan fingerprint density at radius 3 is 2.41 bits per heavy atom. The van der Waals surface area contributed by atoms with E-state index in [1.54, 1.807) is 13.0 Å². The van der Waals surface area contributed by atoms with Crippen LogP contribution in [0.25, 0.3) is 0 Å². The van der Waals surface area contributed by atoms with Crippen molar-refractivity contribution in [1.29, 1.82) is 0 Å². The summed E-state index contributed by atoms with van der Waals surface area (Å²) in [7, 11) is 0. The molecule has 0 aliphatic rings. The topological polar surface area (TPSA) is 53.4 Å². The number of hydrogen-bond donors (Lipinski definition) is 0. The summed E-state index contributed by atoms with van der Waals surface area (Å²) in [5.41, 5.74) is 1.96. The fourth-order valence-electron chi connectivity index (χ4n) is 3.13. The minimum atomic E-state index is -0.324. The first-order valence-electron chi connectivity index (χ1n) is 10.4. The van der Waals surface area contributed by atoms with E-state index in [9.17, 15) is 4.79 Å². The molecule has 0 aliphatic carbocycles. The number of imidazole rings is 1. The number of halogens is 2. The minimum Gasteiger partial charge on any atom is -0.465 e. The quantitative estimate of drug-likeness (QED) is 0.293. The molecule has 0 N–H and O–H groups in total. The number of esters is 1. The molecule has 1 heterocycles. The monoisotopic (exact) mass is 492 g/mol. The molecule has 3 aromatic rings. The maximum Gasteiger partial charge on any atom is 0.326 e. The second kappa shape index (κ2) is 11.8. The molecule has 0 radical (unpaired) electrons. The molecule has 3 rings (SSSR count). The van der Waals surface area contributed by atoms with Crippen LogP contribution < -0.4 is 0 Å². The van der Waals surface area contributed by atoms with Gasteiger partial charge in [0.2, 0.25) is 0 Å². The van der Waals surface area contributed by atoms with Gasteiger partial charge < -0.3 is 14.0 Å². The standard InChI is InChI=1S/C24H26Cl2N2O3S/c1-4-31-22(29)13-28-21(15-30-14-17-8-6-5-7-9-17)27-23(16(2)3)24(28)32-20-11-18(25)10-19(26)12-20/h5-12,16H,4,13-15H2,1-3H3. The van der Waals surface area contributed by atoms with E-state index in [4.69, 9.17) is 37.7 Å². The van der Waals surface area contributed by atoms with Crippen molar-refractivity contribution in [2.24, 2.45) is 0 Å². The van der Waals surface area contributed by atoms with Gasteiger partial charge in [-0.15, -0.1) is 0 Å². The normalized spacial score (nSPS) is 11.2. The molecule has 0 bridgehead atoms. The first-order valence-corrected chi connectivity index (χ1v) is 11.9. The van der Waals surface area contributed by atoms with Crippen molar-refractivity contribution in [3.05, 3.63) is 75.7 Å². The van der Waals surface area contributed by atoms with Gasteiger partial charge >= 0.3 is 5.97 Å². The molecule has 0 atom stereocenters. The SMILES string of the molecule is CCOC(=O)Cn1c(COCc2ccccc2)nc(C(C)C)c1Sc1cc(Cl)cc(Cl)c1. The first kappa shape index (κ1) is 24.6. The van der Waals surface area contributed by atoms with Crippen LogP contribution in [0.1, 0.15) is 43.8 Å². The smallest absolute Gasteiger partial charge is 0.326 e. The molecule has 5 nitrogen and oxygen atoms in total. The average molecular weight is 493 g/mol. The fourth-order valence-corrected chi connectivity index (χ4v) is 5.05. The van der Waals surface area contributed by atoms with Gasteiger partial charge in [0, 0.05) is 14.9 Å². The van der Waals surface area contributed by atoms with Crippen molar-refractivity contribution >= 4 is 40.9 Å². The van der Waals surface area contributed by atoms with E-state index in [1.807, 2.05) is 47.0 Å². The van der Waals surface area contributed by atoms with Crippen molar-refractivity contribution in [2.75, 3.05) is 6.61 Å². The molecule has 0 amide bonds. The highest BCUT2D eigenvalue weighted by Gasteiger charge is 2.23. The second-order valence-corrected chi connectivity index (χ2v) is 9.39. The molecule has 1 aromatic heterocycles. The van der Waals surface area contributed by atoms with E-state index in [2.05, 4.69) is 13.8 Å². The molecule has 0 spiro atoms. The van der Waals surface area contributed by atoms with E-state index < -0.39 is 0 Å². The van der Waals surface area contributed by atoms with E-state index in [1.165, 1.54) is 11.8 Å². The Labute approximate surface area is 203 Å². The number of ether oxygens (including phenoxy) is 2. The zero-order valence-corrected chi connectivity index (χ0v) is 20.6. The summed E-state index contributed by atoms with van der Waals surface area (Å²) in [6, 6.07) is 15.3. The van der Waals surface area contributed by atoms with Crippen molar-refractivity contribution < 1.29 is 14.3 Å². The molecule has 0 saturated heterocycles. The van der Waals surface area contributed by atoms with Crippen molar-refractivity contribution in [2.45, 2.75) is 56.4 Å². The number of benzene rings is 2. The van der Waals surface area contributed by atoms with Gasteiger partial charge in [-0.05, 0) is 36.6 Å². The highest BCUT2D eigenvalue weighted by molar-refractivity contribution is 7.99. The number of nitrogens with zero attached hydrogens (tertiary/aromatic N) is 2. The Bertz CT molecular complexity index is 1030. The van der Waals surface area contributed by atoms with Crippen LogP contribution in [0.5, 0.6) is 0 Å². The highest BCUT2D eigenvalue weighted by Crippen LogP contribution is 2.37. The van der Waals surface area contributed by atoms with Crippen molar-refractivity contribution in [1.82, 2.24) is 9.55 Å². The lowest BCUT2D eigenvalue weighted by molar-refractivity contribution is -0.144. The predicted molar refractivity (Wildman–Crippen MR) is 128 cm³/mol. The lowest BCUT2D eigenvalue weighted by Crippen LogP contribution is -2.17. The summed E-state index contributed by atoms with van der Waals surface area (Å²) in [5.74, 6) is 0.493. The van der Waals surface area contributed by atoms with Crippen LogP contribution >= 0.6 is 35.0 Å². The van der Waals surface area contributed by atoms with E-state index in [-0.39, 0.29) is 25.0 Å². The van der Waals surface area contributed by atoms with Gasteiger partial charge in [0.1, 0.15) is 24.0 Å². The lowest BCUT2D eigenvalue weighted by atomic mass is 10.1. The first-order chi connectivity index (χ1) is 15.4. The lowest BCUT2D eigenvalue weighted by Gasteiger charge is -2.13. The van der Waals surface area contributed by atoms with Crippen LogP contribution in [0.2, 0.25) is 10.0 Å². The third kappa shape index (κ3) is 6.75. The van der Waals surface area contributed by atoms with Crippen LogP contribution in [-0.2, 0) is 34.0 Å². The molecule has 32 heavy (non-hydrogen) atoms. The number of carbonyl (C=O) groups is 1. The number of rotatable bonds is 10. The van der Waals surface area contributed by atoms with Gasteiger partial charge in [-0.25, -0.2) is 4.98 Å². The van der Waals surface area contributed by atoms with E-state index >= 15 is 0 Å². The summed E-state index contributed by atoms with van der Waals surface area (Å²) in [6.07, 6.45) is 0. The molecule has 2 aromatic carbocycles. The summed E-state index contributed by atoms with van der Waals surface area (Å²) >= 11 is 13.9. The van der Waals surface area contributed by atoms with Crippen LogP contribution in [0.15, 0.2) is 58.5 Å². The molecule has 0 fully saturated rings. The van der Waals surface area contributed by atoms with Crippen LogP contribution in [0.4, 0.5) is 0 Å². The second-order valence-electron chi connectivity index (χ2n) is 7.45. The largest absolute Gasteiger partial charge is 0.465 e. The molecule has 170 valence electrons. The van der Waals surface area contributed by atoms with Crippen molar-refractivity contribution in [3.63, 3.8) is 0 Å². The van der Waals surface area contributed by atoms with Crippen LogP contribution in [0, 0.1) is 0 Å². The fraction of sp³-hybridized carbons (Fsp3) is 0.333. The average Bonchev–Trinajstić information content (AvgIpc) is 3.05. The molecule has 0 unspecified atom stereocenters. The zero-order chi connectivity index (χ0) is 23.1. The molecule has 0 saturated carbocycles. The summed E-state index contributed by atoms with van der Waals surface area (Å²) < 4.78 is 13.0. The van der Waals surface area contributed by atoms with Gasteiger partial charge in [0.05, 0.1) is 18.9 Å². The van der Waals surface area contributed by atoms with Gasteiger partial charge in [-0.1, -0.05) is 79.1 Å². The van der Waals surface area contributed by atoms with Crippen LogP contribution in [0.3, 0.4) is 0 Å². The number of hydrogen-bond acceptors (Lipinski definition) is 5. The van der Waals surface area contributed by atoms with Gasteiger partial charge in [-0.3, -0.25) is 4.79 Å². The van der Waals surface area contributed by atoms with E-state index in [0.29, 0.717) is 29.1 Å². The van der Waals surface area contributed by atoms with E-state index in [0.717, 1.165) is 21.2 Å². The van der Waals surface area contributed by atoms with Crippen LogP contribution in [-0.4, -0.2) is 22.1 Å². The Kier molecular flexibility index (Phi) is 9.05. The maximum absolute atomic E-state index is 12.4. The summed E-state index contributed by atoms with van der Waals surface area (Å²) in [6.45, 7) is 7.02. The maximum atomic E-state index is 12.4. The van der Waals surface area contributed by atoms with Gasteiger partial charge in [0.25, 0.3) is 0 Å². The Morgan fingerprint density at radius 1 is 1.09 bits per heavy atom. The third-order valence-electron chi connectivity index (χ3n) is 4.56. The Morgan fingerprint density at radius 2 is 1.78 bits per heavy atom. The highest BCUT2D eigenvalue weighted by atomic mass is 35.5. The molecule has 8 heteroatoms. The third-order valence-corrected chi connectivity index (χ3v) is 6.09. The molecular formula is C24H26Cl2N2O3S. The predicted octanol–water partition coefficient (Wildman–Crippen LogP) is 6.74. The van der Waals surface area contributed by atoms with Gasteiger partial charge in [-0.2, -0.15) is 0 Å². The zero-order valence-electron chi connectivity index (χ0n) is 18.3. The minimum absolute atomic E-state index is 0.0498. The number of carbonyl (C=O) groups excluding carboxylic acids is 1. The Balaban J connectivity index is 1.93. The number of aromatic nitrogens is 2. The summed E-state index contributed by atoms with van der Waals surface area (Å²) in [4.78, 5) is 18.1. The Hall–Kier alpha value is -1.99. The molecular weight excluding hydrogens is 467 g/mol.